The Labute approximate surface area is 206 Å². The van der Waals surface area contributed by atoms with Crippen LogP contribution in [0.4, 0.5) is 5.69 Å². The molecular formula is C28H23N3O3S. The van der Waals surface area contributed by atoms with E-state index in [0.717, 1.165) is 27.8 Å². The number of nitrogens with one attached hydrogen (secondary N) is 1. The average molecular weight is 482 g/mol. The van der Waals surface area contributed by atoms with Crippen molar-refractivity contribution >= 4 is 33.1 Å². The maximum absolute atomic E-state index is 13.4. The Morgan fingerprint density at radius 3 is 2.46 bits per heavy atom. The van der Waals surface area contributed by atoms with Crippen molar-refractivity contribution in [1.82, 2.24) is 9.55 Å². The van der Waals surface area contributed by atoms with E-state index in [1.165, 1.54) is 22.2 Å². The Hall–Kier alpha value is -4.23. The number of anilines is 1. The number of amides is 1. The number of methoxy groups -OCH3 is 1. The standard InChI is InChI=1S/C28H23N3O3S/c1-18-8-13-24(34-2)23(14-18)30-25(32)15-31-17-29-27-26(28(31)33)22(16-35-27)21-11-9-20(10-12-21)19-6-4-3-5-7-19/h3-14,16-17H,15H2,1-2H3,(H,30,32). The Bertz CT molecular complexity index is 1570. The summed E-state index contributed by atoms with van der Waals surface area (Å²) in [5.41, 5.74) is 5.29. The van der Waals surface area contributed by atoms with Gasteiger partial charge in [-0.15, -0.1) is 11.3 Å². The molecule has 0 aliphatic heterocycles. The topological polar surface area (TPSA) is 73.2 Å². The van der Waals surface area contributed by atoms with Crippen molar-refractivity contribution in [2.75, 3.05) is 12.4 Å². The molecule has 0 saturated heterocycles. The van der Waals surface area contributed by atoms with E-state index in [2.05, 4.69) is 22.4 Å². The van der Waals surface area contributed by atoms with Crippen molar-refractivity contribution in [2.45, 2.75) is 13.5 Å². The third-order valence-corrected chi connectivity index (χ3v) is 6.69. The normalized spacial score (nSPS) is 10.9. The number of aromatic nitrogens is 2. The predicted molar refractivity (Wildman–Crippen MR) is 141 cm³/mol. The van der Waals surface area contributed by atoms with E-state index < -0.39 is 0 Å². The number of benzene rings is 3. The Morgan fingerprint density at radius 1 is 1.00 bits per heavy atom. The van der Waals surface area contributed by atoms with Crippen molar-refractivity contribution in [3.63, 3.8) is 0 Å². The van der Waals surface area contributed by atoms with Gasteiger partial charge in [-0.05, 0) is 41.3 Å². The lowest BCUT2D eigenvalue weighted by Crippen LogP contribution is -2.28. The summed E-state index contributed by atoms with van der Waals surface area (Å²) in [6.07, 6.45) is 1.43. The Balaban J connectivity index is 1.43. The predicted octanol–water partition coefficient (Wildman–Crippen LogP) is 5.75. The van der Waals surface area contributed by atoms with Crippen LogP contribution in [0.1, 0.15) is 5.56 Å². The highest BCUT2D eigenvalue weighted by Gasteiger charge is 2.16. The van der Waals surface area contributed by atoms with Crippen molar-refractivity contribution in [3.8, 4) is 28.0 Å². The van der Waals surface area contributed by atoms with Crippen LogP contribution >= 0.6 is 11.3 Å². The van der Waals surface area contributed by atoms with E-state index in [1.54, 1.807) is 13.2 Å². The first-order chi connectivity index (χ1) is 17.0. The fourth-order valence-electron chi connectivity index (χ4n) is 4.03. The molecule has 35 heavy (non-hydrogen) atoms. The van der Waals surface area contributed by atoms with Gasteiger partial charge in [-0.3, -0.25) is 14.2 Å². The van der Waals surface area contributed by atoms with Gasteiger partial charge in [0.15, 0.2) is 0 Å². The summed E-state index contributed by atoms with van der Waals surface area (Å²) in [6.45, 7) is 1.78. The second-order valence-corrected chi connectivity index (χ2v) is 9.06. The number of carbonyl (C=O) groups excluding carboxylic acids is 1. The van der Waals surface area contributed by atoms with E-state index >= 15 is 0 Å². The van der Waals surface area contributed by atoms with Crippen LogP contribution in [0.2, 0.25) is 0 Å². The molecule has 5 rings (SSSR count). The van der Waals surface area contributed by atoms with E-state index in [-0.39, 0.29) is 18.0 Å². The molecule has 1 amide bonds. The first-order valence-electron chi connectivity index (χ1n) is 11.1. The minimum Gasteiger partial charge on any atom is -0.495 e. The molecule has 2 aromatic heterocycles. The fourth-order valence-corrected chi connectivity index (χ4v) is 4.94. The van der Waals surface area contributed by atoms with Gasteiger partial charge in [-0.2, -0.15) is 0 Å². The molecule has 5 aromatic rings. The molecule has 6 nitrogen and oxygen atoms in total. The third kappa shape index (κ3) is 4.58. The van der Waals surface area contributed by atoms with Crippen molar-refractivity contribution in [1.29, 1.82) is 0 Å². The van der Waals surface area contributed by atoms with Crippen molar-refractivity contribution in [2.24, 2.45) is 0 Å². The maximum Gasteiger partial charge on any atom is 0.263 e. The number of rotatable bonds is 6. The molecule has 0 aliphatic rings. The van der Waals surface area contributed by atoms with E-state index in [0.29, 0.717) is 21.7 Å². The summed E-state index contributed by atoms with van der Waals surface area (Å²) in [4.78, 5) is 31.2. The first kappa shape index (κ1) is 22.6. The van der Waals surface area contributed by atoms with Gasteiger partial charge in [-0.1, -0.05) is 60.7 Å². The van der Waals surface area contributed by atoms with Crippen LogP contribution in [-0.4, -0.2) is 22.6 Å². The van der Waals surface area contributed by atoms with Gasteiger partial charge in [0.2, 0.25) is 5.91 Å². The van der Waals surface area contributed by atoms with Gasteiger partial charge in [0.25, 0.3) is 5.56 Å². The summed E-state index contributed by atoms with van der Waals surface area (Å²) in [7, 11) is 1.55. The summed E-state index contributed by atoms with van der Waals surface area (Å²) in [6, 6.07) is 23.8. The van der Waals surface area contributed by atoms with Crippen LogP contribution in [0, 0.1) is 6.92 Å². The number of nitrogens with zero attached hydrogens (tertiary/aromatic N) is 2. The zero-order valence-electron chi connectivity index (χ0n) is 19.3. The average Bonchev–Trinajstić information content (AvgIpc) is 3.31. The molecule has 0 aliphatic carbocycles. The highest BCUT2D eigenvalue weighted by molar-refractivity contribution is 7.17. The molecule has 0 unspecified atom stereocenters. The zero-order valence-corrected chi connectivity index (χ0v) is 20.1. The van der Waals surface area contributed by atoms with Crippen LogP contribution in [0.5, 0.6) is 5.75 Å². The van der Waals surface area contributed by atoms with Gasteiger partial charge < -0.3 is 10.1 Å². The molecule has 0 fully saturated rings. The van der Waals surface area contributed by atoms with Crippen LogP contribution in [0.3, 0.4) is 0 Å². The largest absolute Gasteiger partial charge is 0.495 e. The molecule has 3 aromatic carbocycles. The second-order valence-electron chi connectivity index (χ2n) is 8.20. The first-order valence-corrected chi connectivity index (χ1v) is 12.0. The van der Waals surface area contributed by atoms with Crippen LogP contribution in [0.25, 0.3) is 32.5 Å². The maximum atomic E-state index is 13.4. The Kier molecular flexibility index (Phi) is 6.16. The monoisotopic (exact) mass is 481 g/mol. The molecule has 0 atom stereocenters. The lowest BCUT2D eigenvalue weighted by atomic mass is 10.0. The molecule has 0 saturated carbocycles. The number of ether oxygens (including phenoxy) is 1. The molecule has 1 N–H and O–H groups in total. The summed E-state index contributed by atoms with van der Waals surface area (Å²) in [5.74, 6) is 0.227. The number of aryl methyl sites for hydroxylation is 1. The van der Waals surface area contributed by atoms with Gasteiger partial charge in [0.1, 0.15) is 17.1 Å². The number of hydrogen-bond acceptors (Lipinski definition) is 5. The highest BCUT2D eigenvalue weighted by atomic mass is 32.1. The third-order valence-electron chi connectivity index (χ3n) is 5.81. The van der Waals surface area contributed by atoms with Crippen LogP contribution < -0.4 is 15.6 Å². The molecule has 0 spiro atoms. The molecule has 2 heterocycles. The molecule has 0 radical (unpaired) electrons. The second kappa shape index (κ2) is 9.56. The van der Waals surface area contributed by atoms with Crippen LogP contribution in [-0.2, 0) is 11.3 Å². The van der Waals surface area contributed by atoms with Gasteiger partial charge in [-0.25, -0.2) is 4.98 Å². The van der Waals surface area contributed by atoms with Gasteiger partial charge >= 0.3 is 0 Å². The van der Waals surface area contributed by atoms with E-state index in [1.807, 2.05) is 66.9 Å². The summed E-state index contributed by atoms with van der Waals surface area (Å²) in [5, 5.41) is 5.30. The summed E-state index contributed by atoms with van der Waals surface area (Å²) < 4.78 is 6.67. The summed E-state index contributed by atoms with van der Waals surface area (Å²) >= 11 is 1.42. The smallest absolute Gasteiger partial charge is 0.263 e. The Morgan fingerprint density at radius 2 is 1.71 bits per heavy atom. The van der Waals surface area contributed by atoms with Crippen molar-refractivity contribution < 1.29 is 9.53 Å². The van der Waals surface area contributed by atoms with E-state index in [4.69, 9.17) is 4.74 Å². The molecule has 174 valence electrons. The highest BCUT2D eigenvalue weighted by Crippen LogP contribution is 2.32. The lowest BCUT2D eigenvalue weighted by molar-refractivity contribution is -0.116. The molecular weight excluding hydrogens is 458 g/mol. The zero-order chi connectivity index (χ0) is 24.4. The minimum absolute atomic E-state index is 0.152. The SMILES string of the molecule is COc1ccc(C)cc1NC(=O)Cn1cnc2scc(-c3ccc(-c4ccccc4)cc3)c2c1=O. The van der Waals surface area contributed by atoms with Crippen LogP contribution in [0.15, 0.2) is 89.3 Å². The molecule has 0 bridgehead atoms. The quantitative estimate of drug-likeness (QED) is 0.335. The van der Waals surface area contributed by atoms with E-state index in [9.17, 15) is 9.59 Å². The fraction of sp³-hybridized carbons (Fsp3) is 0.107. The number of hydrogen-bond donors (Lipinski definition) is 1. The lowest BCUT2D eigenvalue weighted by Gasteiger charge is -2.12. The van der Waals surface area contributed by atoms with Gasteiger partial charge in [0, 0.05) is 10.9 Å². The molecule has 7 heteroatoms. The minimum atomic E-state index is -0.332. The number of thiophene rings is 1. The number of carbonyl (C=O) groups is 1. The number of fused-ring (bicyclic) bond motifs is 1. The van der Waals surface area contributed by atoms with Crippen molar-refractivity contribution in [3.05, 3.63) is 100 Å². The van der Waals surface area contributed by atoms with Gasteiger partial charge in [0.05, 0.1) is 24.5 Å².